The highest BCUT2D eigenvalue weighted by molar-refractivity contribution is 7.94. The molecule has 3 aromatic heterocycles. The molecule has 0 atom stereocenters. The first kappa shape index (κ1) is 15.4. The lowest BCUT2D eigenvalue weighted by molar-refractivity contribution is 0.596. The predicted octanol–water partition coefficient (Wildman–Crippen LogP) is 4.26. The van der Waals surface area contributed by atoms with Crippen molar-refractivity contribution in [3.63, 3.8) is 0 Å². The predicted molar refractivity (Wildman–Crippen MR) is 98.5 cm³/mol. The Morgan fingerprint density at radius 2 is 2.08 bits per heavy atom. The van der Waals surface area contributed by atoms with Gasteiger partial charge < -0.3 is 4.98 Å². The van der Waals surface area contributed by atoms with Crippen molar-refractivity contribution < 1.29 is 8.42 Å². The van der Waals surface area contributed by atoms with E-state index in [4.69, 9.17) is 11.6 Å². The molecule has 0 bridgehead atoms. The molecule has 1 N–H and O–H groups in total. The van der Waals surface area contributed by atoms with Crippen LogP contribution in [0.15, 0.2) is 52.2 Å². The fourth-order valence-electron chi connectivity index (χ4n) is 2.64. The Labute approximate surface area is 147 Å². The summed E-state index contributed by atoms with van der Waals surface area (Å²) in [6, 6.07) is 10.4. The standard InChI is InChI=1S/C16H12ClN3O2S2/c1-20(24(21,22)14-3-2-8-23-14)10-4-5-13-11(9-10)15-12(17)6-7-18-16(15)19-13/h2-9H,1H3,(H,18,19). The second-order valence-electron chi connectivity index (χ2n) is 5.28. The number of aromatic nitrogens is 2. The summed E-state index contributed by atoms with van der Waals surface area (Å²) < 4.78 is 27.0. The van der Waals surface area contributed by atoms with Gasteiger partial charge in [-0.3, -0.25) is 4.31 Å². The van der Waals surface area contributed by atoms with Gasteiger partial charge in [0.2, 0.25) is 0 Å². The smallest absolute Gasteiger partial charge is 0.273 e. The highest BCUT2D eigenvalue weighted by Crippen LogP contribution is 2.34. The summed E-state index contributed by atoms with van der Waals surface area (Å²) in [5.41, 5.74) is 2.10. The van der Waals surface area contributed by atoms with Crippen molar-refractivity contribution in [2.45, 2.75) is 4.21 Å². The third-order valence-electron chi connectivity index (χ3n) is 3.90. The number of benzene rings is 1. The van der Waals surface area contributed by atoms with Gasteiger partial charge in [0.1, 0.15) is 9.86 Å². The van der Waals surface area contributed by atoms with Crippen molar-refractivity contribution in [3.05, 3.63) is 53.0 Å². The lowest BCUT2D eigenvalue weighted by Crippen LogP contribution is -2.25. The van der Waals surface area contributed by atoms with Crippen LogP contribution in [0.25, 0.3) is 21.9 Å². The van der Waals surface area contributed by atoms with Crippen molar-refractivity contribution in [3.8, 4) is 0 Å². The van der Waals surface area contributed by atoms with E-state index in [1.807, 2.05) is 12.1 Å². The Kier molecular flexibility index (Phi) is 3.52. The first-order valence-electron chi connectivity index (χ1n) is 7.07. The maximum atomic E-state index is 12.7. The van der Waals surface area contributed by atoms with Crippen molar-refractivity contribution in [1.29, 1.82) is 0 Å². The number of thiophene rings is 1. The summed E-state index contributed by atoms with van der Waals surface area (Å²) in [5.74, 6) is 0. The molecule has 0 fully saturated rings. The molecule has 5 nitrogen and oxygen atoms in total. The van der Waals surface area contributed by atoms with Crippen LogP contribution in [0, 0.1) is 0 Å². The van der Waals surface area contributed by atoms with E-state index in [0.717, 1.165) is 16.3 Å². The molecular formula is C16H12ClN3O2S2. The Hall–Kier alpha value is -2.09. The highest BCUT2D eigenvalue weighted by Gasteiger charge is 2.23. The molecule has 3 heterocycles. The quantitative estimate of drug-likeness (QED) is 0.580. The number of anilines is 1. The van der Waals surface area contributed by atoms with Crippen molar-refractivity contribution in [1.82, 2.24) is 9.97 Å². The topological polar surface area (TPSA) is 66.1 Å². The summed E-state index contributed by atoms with van der Waals surface area (Å²) in [4.78, 5) is 7.46. The normalized spacial score (nSPS) is 12.1. The number of sulfonamides is 1. The van der Waals surface area contributed by atoms with Gasteiger partial charge in [0.15, 0.2) is 0 Å². The molecule has 0 spiro atoms. The SMILES string of the molecule is CN(c1ccc2[nH]c3nccc(Cl)c3c2c1)S(=O)(=O)c1cccs1. The molecule has 8 heteroatoms. The third-order valence-corrected chi connectivity index (χ3v) is 7.37. The molecule has 1 aromatic carbocycles. The molecule has 0 amide bonds. The van der Waals surface area contributed by atoms with Crippen LogP contribution in [0.2, 0.25) is 5.02 Å². The van der Waals surface area contributed by atoms with Gasteiger partial charge in [0.25, 0.3) is 10.0 Å². The fraction of sp³-hybridized carbons (Fsp3) is 0.0625. The maximum Gasteiger partial charge on any atom is 0.273 e. The van der Waals surface area contributed by atoms with Crippen molar-refractivity contribution in [2.75, 3.05) is 11.4 Å². The highest BCUT2D eigenvalue weighted by atomic mass is 35.5. The van der Waals surface area contributed by atoms with Crippen LogP contribution in [0.5, 0.6) is 0 Å². The Morgan fingerprint density at radius 3 is 2.83 bits per heavy atom. The average molecular weight is 378 g/mol. The Bertz CT molecular complexity index is 1150. The van der Waals surface area contributed by atoms with Crippen LogP contribution in [0.4, 0.5) is 5.69 Å². The van der Waals surface area contributed by atoms with E-state index in [9.17, 15) is 8.42 Å². The van der Waals surface area contributed by atoms with Gasteiger partial charge >= 0.3 is 0 Å². The minimum Gasteiger partial charge on any atom is -0.339 e. The number of halogens is 1. The summed E-state index contributed by atoms with van der Waals surface area (Å²) in [7, 11) is -2.02. The molecule has 0 aliphatic rings. The average Bonchev–Trinajstić information content (AvgIpc) is 3.21. The van der Waals surface area contributed by atoms with Gasteiger partial charge in [0.05, 0.1) is 10.7 Å². The first-order chi connectivity index (χ1) is 11.5. The molecule has 0 radical (unpaired) electrons. The lowest BCUT2D eigenvalue weighted by atomic mass is 10.2. The molecule has 0 aliphatic carbocycles. The Balaban J connectivity index is 1.90. The molecular weight excluding hydrogens is 366 g/mol. The van der Waals surface area contributed by atoms with E-state index < -0.39 is 10.0 Å². The molecule has 0 aliphatic heterocycles. The molecule has 0 unspecified atom stereocenters. The zero-order chi connectivity index (χ0) is 16.9. The van der Waals surface area contributed by atoms with Gasteiger partial charge in [-0.2, -0.15) is 0 Å². The maximum absolute atomic E-state index is 12.7. The zero-order valence-electron chi connectivity index (χ0n) is 12.5. The summed E-state index contributed by atoms with van der Waals surface area (Å²) in [6.45, 7) is 0. The summed E-state index contributed by atoms with van der Waals surface area (Å²) in [6.07, 6.45) is 1.63. The van der Waals surface area contributed by atoms with Gasteiger partial charge in [-0.05, 0) is 35.7 Å². The molecule has 0 saturated heterocycles. The van der Waals surface area contributed by atoms with Crippen LogP contribution in [0.1, 0.15) is 0 Å². The van der Waals surface area contributed by atoms with E-state index >= 15 is 0 Å². The minimum absolute atomic E-state index is 0.309. The molecule has 122 valence electrons. The second-order valence-corrected chi connectivity index (χ2v) is 8.83. The zero-order valence-corrected chi connectivity index (χ0v) is 14.9. The van der Waals surface area contributed by atoms with Crippen molar-refractivity contribution in [2.24, 2.45) is 0 Å². The fourth-order valence-corrected chi connectivity index (χ4v) is 5.24. The van der Waals surface area contributed by atoms with Gasteiger partial charge in [-0.15, -0.1) is 11.3 Å². The van der Waals surface area contributed by atoms with E-state index in [0.29, 0.717) is 20.6 Å². The first-order valence-corrected chi connectivity index (χ1v) is 9.76. The largest absolute Gasteiger partial charge is 0.339 e. The lowest BCUT2D eigenvalue weighted by Gasteiger charge is -2.18. The number of hydrogen-bond donors (Lipinski definition) is 1. The van der Waals surface area contributed by atoms with E-state index in [1.54, 1.807) is 42.9 Å². The van der Waals surface area contributed by atoms with E-state index in [-0.39, 0.29) is 0 Å². The molecule has 4 aromatic rings. The monoisotopic (exact) mass is 377 g/mol. The Morgan fingerprint density at radius 1 is 1.25 bits per heavy atom. The number of fused-ring (bicyclic) bond motifs is 3. The van der Waals surface area contributed by atoms with Gasteiger partial charge in [-0.25, -0.2) is 13.4 Å². The molecule has 24 heavy (non-hydrogen) atoms. The third kappa shape index (κ3) is 2.28. The molecule has 0 saturated carbocycles. The second kappa shape index (κ2) is 5.47. The van der Waals surface area contributed by atoms with Gasteiger partial charge in [0, 0.05) is 29.5 Å². The van der Waals surface area contributed by atoms with Crippen LogP contribution >= 0.6 is 22.9 Å². The number of nitrogens with zero attached hydrogens (tertiary/aromatic N) is 2. The number of rotatable bonds is 3. The number of nitrogens with one attached hydrogen (secondary N) is 1. The van der Waals surface area contributed by atoms with E-state index in [2.05, 4.69) is 9.97 Å². The number of aromatic amines is 1. The number of H-pyrrole nitrogens is 1. The van der Waals surface area contributed by atoms with Crippen LogP contribution in [-0.4, -0.2) is 25.4 Å². The summed E-state index contributed by atoms with van der Waals surface area (Å²) >= 11 is 7.49. The van der Waals surface area contributed by atoms with Crippen molar-refractivity contribution >= 4 is 60.6 Å². The minimum atomic E-state index is -3.57. The van der Waals surface area contributed by atoms with Crippen LogP contribution < -0.4 is 4.31 Å². The number of hydrogen-bond acceptors (Lipinski definition) is 4. The number of pyridine rings is 1. The van der Waals surface area contributed by atoms with Gasteiger partial charge in [-0.1, -0.05) is 17.7 Å². The van der Waals surface area contributed by atoms with Crippen LogP contribution in [0.3, 0.4) is 0 Å². The molecule has 4 rings (SSSR count). The van der Waals surface area contributed by atoms with Crippen LogP contribution in [-0.2, 0) is 10.0 Å². The van der Waals surface area contributed by atoms with E-state index in [1.165, 1.54) is 15.6 Å². The summed E-state index contributed by atoms with van der Waals surface area (Å²) in [5, 5.41) is 3.95.